The van der Waals surface area contributed by atoms with Crippen molar-refractivity contribution in [2.24, 2.45) is 0 Å². The Morgan fingerprint density at radius 1 is 0.926 bits per heavy atom. The summed E-state index contributed by atoms with van der Waals surface area (Å²) >= 11 is -0.556. The summed E-state index contributed by atoms with van der Waals surface area (Å²) in [4.78, 5) is 0. The molecule has 0 heterocycles. The third kappa shape index (κ3) is 7.34. The first-order chi connectivity index (χ1) is 12.3. The Morgan fingerprint density at radius 3 is 1.93 bits per heavy atom. The number of halogens is 3. The van der Waals surface area contributed by atoms with Crippen LogP contribution in [-0.4, -0.2) is 5.11 Å². The number of hydrogen-bond acceptors (Lipinski definition) is 1. The van der Waals surface area contributed by atoms with Crippen LogP contribution in [0.5, 0.6) is 5.75 Å². The topological polar surface area (TPSA) is 20.2 Å². The Labute approximate surface area is 181 Å². The molecule has 148 valence electrons. The minimum atomic E-state index is -0.556. The minimum absolute atomic E-state index is 0.0290. The predicted octanol–water partition coefficient (Wildman–Crippen LogP) is 6.44. The van der Waals surface area contributed by atoms with Crippen LogP contribution in [0.3, 0.4) is 0 Å². The van der Waals surface area contributed by atoms with E-state index in [0.717, 1.165) is 16.4 Å². The predicted molar refractivity (Wildman–Crippen MR) is 116 cm³/mol. The summed E-state index contributed by atoms with van der Waals surface area (Å²) < 4.78 is 14.3. The third-order valence-electron chi connectivity index (χ3n) is 4.18. The van der Waals surface area contributed by atoms with E-state index in [1.807, 2.05) is 25.1 Å². The van der Waals surface area contributed by atoms with Crippen molar-refractivity contribution in [3.05, 3.63) is 52.8 Å². The number of hydrogen-bond donors (Lipinski definition) is 1. The number of phenols is 1. The second-order valence-corrected chi connectivity index (χ2v) is 12.5. The van der Waals surface area contributed by atoms with E-state index in [0.29, 0.717) is 11.1 Å². The number of benzene rings is 2. The zero-order valence-electron chi connectivity index (χ0n) is 17.0. The molecule has 0 aliphatic carbocycles. The molecule has 27 heavy (non-hydrogen) atoms. The Hall–Kier alpha value is -0.106. The first-order valence-corrected chi connectivity index (χ1v) is 14.0. The van der Waals surface area contributed by atoms with E-state index >= 15 is 0 Å². The van der Waals surface area contributed by atoms with Crippen molar-refractivity contribution in [2.75, 3.05) is 0 Å². The molecule has 2 rings (SSSR count). The van der Waals surface area contributed by atoms with Crippen LogP contribution in [-0.2, 0) is 27.9 Å². The van der Waals surface area contributed by atoms with Gasteiger partial charge >= 0.3 is 35.6 Å². The van der Waals surface area contributed by atoms with Gasteiger partial charge in [-0.25, -0.2) is 4.39 Å². The molecule has 1 N–H and O–H groups in total. The fourth-order valence-electron chi connectivity index (χ4n) is 2.60. The normalized spacial score (nSPS) is 12.1. The van der Waals surface area contributed by atoms with Gasteiger partial charge in [0.1, 0.15) is 11.6 Å². The van der Waals surface area contributed by atoms with Crippen LogP contribution < -0.4 is 10.6 Å². The van der Waals surface area contributed by atoms with E-state index in [1.165, 1.54) is 5.56 Å². The van der Waals surface area contributed by atoms with Gasteiger partial charge in [0.05, 0.1) is 0 Å². The molecule has 0 saturated carbocycles. The van der Waals surface area contributed by atoms with Gasteiger partial charge in [0.15, 0.2) is 0 Å². The van der Waals surface area contributed by atoms with Crippen LogP contribution in [0, 0.1) is 12.7 Å². The Balaban J connectivity index is 0.00000114. The molecule has 1 atom stereocenters. The van der Waals surface area contributed by atoms with Crippen molar-refractivity contribution in [1.29, 1.82) is 0 Å². The molecular formula is C21H28Cl2FOPTi. The van der Waals surface area contributed by atoms with Crippen molar-refractivity contribution >= 4 is 37.8 Å². The molecule has 0 aliphatic rings. The summed E-state index contributed by atoms with van der Waals surface area (Å²) in [5, 5.41) is 12.3. The zero-order chi connectivity index (χ0) is 21.0. The van der Waals surface area contributed by atoms with E-state index in [9.17, 15) is 9.50 Å². The Kier molecular flexibility index (Phi) is 9.31. The molecule has 6 heteroatoms. The molecule has 0 radical (unpaired) electrons. The molecule has 0 spiro atoms. The van der Waals surface area contributed by atoms with Crippen molar-refractivity contribution in [1.82, 2.24) is 0 Å². The fourth-order valence-corrected chi connectivity index (χ4v) is 3.73. The van der Waals surface area contributed by atoms with E-state index in [1.54, 1.807) is 6.07 Å². The maximum absolute atomic E-state index is 14.3. The number of aromatic hydroxyl groups is 1. The third-order valence-corrected chi connectivity index (χ3v) is 5.50. The molecule has 0 bridgehead atoms. The summed E-state index contributed by atoms with van der Waals surface area (Å²) in [5.41, 5.74) is 2.80. The van der Waals surface area contributed by atoms with E-state index in [2.05, 4.69) is 47.6 Å². The number of aryl methyl sites for hydroxylation is 1. The van der Waals surface area contributed by atoms with Gasteiger partial charge < -0.3 is 5.11 Å². The molecule has 0 fully saturated rings. The molecule has 0 amide bonds. The van der Waals surface area contributed by atoms with Gasteiger partial charge in [-0.3, -0.25) is 0 Å². The maximum atomic E-state index is 14.3. The summed E-state index contributed by atoms with van der Waals surface area (Å²) in [7, 11) is 9.87. The summed E-state index contributed by atoms with van der Waals surface area (Å²) in [6, 6.07) is 9.42. The zero-order valence-corrected chi connectivity index (χ0v) is 21.0. The van der Waals surface area contributed by atoms with Gasteiger partial charge in [-0.05, 0) is 41.0 Å². The molecular weight excluding hydrogens is 437 g/mol. The van der Waals surface area contributed by atoms with E-state index in [4.69, 9.17) is 18.6 Å². The van der Waals surface area contributed by atoms with E-state index < -0.39 is 17.0 Å². The van der Waals surface area contributed by atoms with Crippen molar-refractivity contribution in [2.45, 2.75) is 59.3 Å². The monoisotopic (exact) mass is 464 g/mol. The van der Waals surface area contributed by atoms with Crippen LogP contribution in [0.2, 0.25) is 0 Å². The van der Waals surface area contributed by atoms with Crippen LogP contribution in [0.4, 0.5) is 4.39 Å². The standard InChI is InChI=1S/C21H28FOP.2ClH.Ti/c1-13-8-9-17(16(22)10-13)24-18-12-14(20(2,3)4)11-15(19(18)23)21(5,6)7;;;/h8-12,23-24H,1-7H3;2*1H;/q;;;+2/p-2. The first kappa shape index (κ1) is 24.9. The summed E-state index contributed by atoms with van der Waals surface area (Å²) in [6.45, 7) is 14.6. The van der Waals surface area contributed by atoms with Crippen LogP contribution in [0.25, 0.3) is 0 Å². The first-order valence-electron chi connectivity index (χ1n) is 8.68. The van der Waals surface area contributed by atoms with Crippen LogP contribution in [0.1, 0.15) is 58.2 Å². The second-order valence-electron chi connectivity index (χ2n) is 8.60. The number of phenolic OH excluding ortho intramolecular Hbond substituents is 1. The SMILES string of the molecule is Cc1ccc(Pc2cc(C(C)(C)C)cc(C(C)(C)C)c2O)c(F)c1.[Cl][Ti][Cl]. The van der Waals surface area contributed by atoms with Gasteiger partial charge in [0.25, 0.3) is 0 Å². The molecule has 1 unspecified atom stereocenters. The average Bonchev–Trinajstić information content (AvgIpc) is 2.50. The van der Waals surface area contributed by atoms with Gasteiger partial charge in [0.2, 0.25) is 0 Å². The van der Waals surface area contributed by atoms with Gasteiger partial charge in [-0.15, -0.1) is 0 Å². The Morgan fingerprint density at radius 2 is 1.48 bits per heavy atom. The van der Waals surface area contributed by atoms with Gasteiger partial charge in [0, 0.05) is 16.2 Å². The average molecular weight is 465 g/mol. The van der Waals surface area contributed by atoms with Crippen LogP contribution >= 0.6 is 27.2 Å². The summed E-state index contributed by atoms with van der Waals surface area (Å²) in [5.74, 6) is 0.0972. The quantitative estimate of drug-likeness (QED) is 0.400. The van der Waals surface area contributed by atoms with Crippen molar-refractivity contribution in [3.63, 3.8) is 0 Å². The second kappa shape index (κ2) is 10.1. The molecule has 0 aliphatic heterocycles. The van der Waals surface area contributed by atoms with Crippen LogP contribution in [0.15, 0.2) is 30.3 Å². The van der Waals surface area contributed by atoms with Crippen molar-refractivity contribution in [3.8, 4) is 5.75 Å². The number of rotatable bonds is 2. The molecule has 0 aromatic heterocycles. The molecule has 2 aromatic carbocycles. The van der Waals surface area contributed by atoms with Gasteiger partial charge in [-0.2, -0.15) is 0 Å². The van der Waals surface area contributed by atoms with Gasteiger partial charge in [-0.1, -0.05) is 68.3 Å². The molecule has 0 saturated heterocycles. The van der Waals surface area contributed by atoms with E-state index in [-0.39, 0.29) is 25.2 Å². The fraction of sp³-hybridized carbons (Fsp3) is 0.429. The molecule has 1 nitrogen and oxygen atoms in total. The van der Waals surface area contributed by atoms with Crippen molar-refractivity contribution < 1.29 is 26.5 Å². The summed E-state index contributed by atoms with van der Waals surface area (Å²) in [6.07, 6.45) is 0. The molecule has 2 aromatic rings. The Bertz CT molecular complexity index is 783.